The Hall–Kier alpha value is -1.59. The molecule has 0 unspecified atom stereocenters. The fraction of sp³-hybridized carbons (Fsp3) is 0.533. The Morgan fingerprint density at radius 3 is 2.50 bits per heavy atom. The first kappa shape index (κ1) is 16.5. The number of ether oxygens (including phenoxy) is 2. The Bertz CT molecular complexity index is 401. The molecule has 0 aliphatic carbocycles. The maximum atomic E-state index is 11.6. The Morgan fingerprint density at radius 1 is 1.30 bits per heavy atom. The van der Waals surface area contributed by atoms with Crippen LogP contribution in [0, 0.1) is 0 Å². The lowest BCUT2D eigenvalue weighted by molar-refractivity contribution is 0.0435. The molecule has 5 nitrogen and oxygen atoms in total. The lowest BCUT2D eigenvalue weighted by Crippen LogP contribution is -2.45. The maximum absolute atomic E-state index is 11.6. The van der Waals surface area contributed by atoms with E-state index < -0.39 is 11.7 Å². The normalized spacial score (nSPS) is 12.8. The molecular weight excluding hydrogens is 256 g/mol. The number of alkyl carbamates (subject to hydrolysis) is 1. The molecule has 1 aromatic carbocycles. The predicted molar refractivity (Wildman–Crippen MR) is 78.3 cm³/mol. The first-order chi connectivity index (χ1) is 9.40. The van der Waals surface area contributed by atoms with Crippen molar-refractivity contribution < 1.29 is 14.3 Å². The average molecular weight is 280 g/mol. The van der Waals surface area contributed by atoms with Crippen LogP contribution >= 0.6 is 0 Å². The van der Waals surface area contributed by atoms with E-state index in [1.54, 1.807) is 0 Å². The van der Waals surface area contributed by atoms with Crippen molar-refractivity contribution in [3.63, 3.8) is 0 Å². The molecule has 1 rings (SSSR count). The van der Waals surface area contributed by atoms with Crippen LogP contribution in [-0.4, -0.2) is 30.9 Å². The largest absolute Gasteiger partial charge is 0.444 e. The summed E-state index contributed by atoms with van der Waals surface area (Å²) in [5.41, 5.74) is 6.18. The molecule has 0 radical (unpaired) electrons. The Balaban J connectivity index is 2.31. The van der Waals surface area contributed by atoms with Crippen LogP contribution in [0.1, 0.15) is 26.3 Å². The van der Waals surface area contributed by atoms with E-state index in [4.69, 9.17) is 15.2 Å². The highest BCUT2D eigenvalue weighted by Crippen LogP contribution is 2.07. The molecule has 0 spiro atoms. The zero-order valence-electron chi connectivity index (χ0n) is 12.4. The highest BCUT2D eigenvalue weighted by Gasteiger charge is 2.18. The molecule has 112 valence electrons. The molecule has 0 fully saturated rings. The number of carbonyl (C=O) groups is 1. The van der Waals surface area contributed by atoms with Gasteiger partial charge < -0.3 is 20.5 Å². The van der Waals surface area contributed by atoms with Crippen molar-refractivity contribution in [2.45, 2.75) is 39.0 Å². The molecule has 0 aromatic heterocycles. The summed E-state index contributed by atoms with van der Waals surface area (Å²) >= 11 is 0. The van der Waals surface area contributed by atoms with Gasteiger partial charge in [-0.1, -0.05) is 30.3 Å². The number of hydrogen-bond acceptors (Lipinski definition) is 4. The van der Waals surface area contributed by atoms with Gasteiger partial charge in [0.15, 0.2) is 0 Å². The molecule has 0 aliphatic rings. The van der Waals surface area contributed by atoms with Crippen molar-refractivity contribution in [2.24, 2.45) is 5.73 Å². The molecule has 5 heteroatoms. The van der Waals surface area contributed by atoms with Gasteiger partial charge in [-0.3, -0.25) is 0 Å². The van der Waals surface area contributed by atoms with E-state index in [9.17, 15) is 4.79 Å². The van der Waals surface area contributed by atoms with E-state index in [1.165, 1.54) is 0 Å². The third kappa shape index (κ3) is 7.11. The highest BCUT2D eigenvalue weighted by molar-refractivity contribution is 5.68. The topological polar surface area (TPSA) is 73.6 Å². The number of hydrogen-bond donors (Lipinski definition) is 2. The lowest BCUT2D eigenvalue weighted by atomic mass is 10.2. The third-order valence-electron chi connectivity index (χ3n) is 2.44. The fourth-order valence-corrected chi connectivity index (χ4v) is 1.54. The van der Waals surface area contributed by atoms with Crippen molar-refractivity contribution in [1.29, 1.82) is 0 Å². The van der Waals surface area contributed by atoms with Crippen molar-refractivity contribution in [3.05, 3.63) is 35.9 Å². The van der Waals surface area contributed by atoms with Crippen LogP contribution in [0.15, 0.2) is 30.3 Å². The van der Waals surface area contributed by atoms with Gasteiger partial charge in [-0.25, -0.2) is 4.79 Å². The monoisotopic (exact) mass is 280 g/mol. The van der Waals surface area contributed by atoms with E-state index in [0.29, 0.717) is 19.8 Å². The van der Waals surface area contributed by atoms with Gasteiger partial charge in [0.05, 0.1) is 19.3 Å². The van der Waals surface area contributed by atoms with Crippen LogP contribution in [0.3, 0.4) is 0 Å². The lowest BCUT2D eigenvalue weighted by Gasteiger charge is -2.23. The van der Waals surface area contributed by atoms with Crippen LogP contribution in [-0.2, 0) is 16.1 Å². The molecule has 0 saturated carbocycles. The second kappa shape index (κ2) is 7.87. The minimum atomic E-state index is -0.520. The first-order valence-corrected chi connectivity index (χ1v) is 6.72. The van der Waals surface area contributed by atoms with Crippen molar-refractivity contribution in [2.75, 3.05) is 13.2 Å². The minimum Gasteiger partial charge on any atom is -0.444 e. The molecule has 1 aromatic rings. The molecule has 1 amide bonds. The average Bonchev–Trinajstić information content (AvgIpc) is 2.36. The number of nitrogens with two attached hydrogens (primary N) is 1. The fourth-order valence-electron chi connectivity index (χ4n) is 1.54. The molecule has 0 heterocycles. The predicted octanol–water partition coefficient (Wildman–Crippen LogP) is 2.06. The number of benzene rings is 1. The van der Waals surface area contributed by atoms with Gasteiger partial charge >= 0.3 is 6.09 Å². The maximum Gasteiger partial charge on any atom is 0.407 e. The minimum absolute atomic E-state index is 0.256. The van der Waals surface area contributed by atoms with Gasteiger partial charge in [0.25, 0.3) is 0 Å². The number of rotatable bonds is 6. The molecule has 0 bridgehead atoms. The van der Waals surface area contributed by atoms with Gasteiger partial charge in [0.2, 0.25) is 0 Å². The molecule has 0 saturated heterocycles. The summed E-state index contributed by atoms with van der Waals surface area (Å²) in [5.74, 6) is 0. The summed E-state index contributed by atoms with van der Waals surface area (Å²) < 4.78 is 10.7. The van der Waals surface area contributed by atoms with Crippen LogP contribution in [0.5, 0.6) is 0 Å². The molecule has 3 N–H and O–H groups in total. The summed E-state index contributed by atoms with van der Waals surface area (Å²) in [4.78, 5) is 11.6. The summed E-state index contributed by atoms with van der Waals surface area (Å²) in [5, 5.41) is 2.70. The van der Waals surface area contributed by atoms with Gasteiger partial charge in [-0.2, -0.15) is 0 Å². The van der Waals surface area contributed by atoms with Gasteiger partial charge in [0.1, 0.15) is 5.60 Å². The molecular formula is C15H24N2O3. The Kier molecular flexibility index (Phi) is 6.48. The van der Waals surface area contributed by atoms with Crippen molar-refractivity contribution in [3.8, 4) is 0 Å². The summed E-state index contributed by atoms with van der Waals surface area (Å²) in [6.07, 6.45) is -0.476. The molecule has 20 heavy (non-hydrogen) atoms. The number of amides is 1. The summed E-state index contributed by atoms with van der Waals surface area (Å²) in [7, 11) is 0. The number of nitrogens with one attached hydrogen (secondary N) is 1. The van der Waals surface area contributed by atoms with E-state index in [2.05, 4.69) is 5.32 Å². The first-order valence-electron chi connectivity index (χ1n) is 6.72. The van der Waals surface area contributed by atoms with E-state index in [-0.39, 0.29) is 6.04 Å². The number of carbonyl (C=O) groups excluding carboxylic acids is 1. The second-order valence-corrected chi connectivity index (χ2v) is 5.58. The van der Waals surface area contributed by atoms with Crippen LogP contribution in [0.4, 0.5) is 4.79 Å². The van der Waals surface area contributed by atoms with Gasteiger partial charge in [-0.05, 0) is 26.3 Å². The standard InChI is InChI=1S/C15H24N2O3/c1-15(2,3)20-14(18)17-13(9-16)11-19-10-12-7-5-4-6-8-12/h4-8,13H,9-11,16H2,1-3H3,(H,17,18)/t13-/m0/s1. The molecule has 1 atom stereocenters. The smallest absolute Gasteiger partial charge is 0.407 e. The van der Waals surface area contributed by atoms with E-state index in [0.717, 1.165) is 5.56 Å². The quantitative estimate of drug-likeness (QED) is 0.836. The van der Waals surface area contributed by atoms with E-state index in [1.807, 2.05) is 51.1 Å². The second-order valence-electron chi connectivity index (χ2n) is 5.58. The zero-order valence-corrected chi connectivity index (χ0v) is 12.4. The van der Waals surface area contributed by atoms with Crippen LogP contribution in [0.25, 0.3) is 0 Å². The SMILES string of the molecule is CC(C)(C)OC(=O)N[C@@H](CN)COCc1ccccc1. The Labute approximate surface area is 120 Å². The third-order valence-corrected chi connectivity index (χ3v) is 2.44. The van der Waals surface area contributed by atoms with Crippen molar-refractivity contribution >= 4 is 6.09 Å². The Morgan fingerprint density at radius 2 is 1.95 bits per heavy atom. The zero-order chi connectivity index (χ0) is 15.0. The summed E-state index contributed by atoms with van der Waals surface area (Å²) in [6, 6.07) is 9.58. The van der Waals surface area contributed by atoms with E-state index >= 15 is 0 Å². The van der Waals surface area contributed by atoms with Crippen LogP contribution < -0.4 is 11.1 Å². The van der Waals surface area contributed by atoms with Gasteiger partial charge in [0, 0.05) is 6.54 Å². The van der Waals surface area contributed by atoms with Gasteiger partial charge in [-0.15, -0.1) is 0 Å². The summed E-state index contributed by atoms with van der Waals surface area (Å²) in [6.45, 7) is 6.59. The van der Waals surface area contributed by atoms with Crippen molar-refractivity contribution in [1.82, 2.24) is 5.32 Å². The van der Waals surface area contributed by atoms with Crippen LogP contribution in [0.2, 0.25) is 0 Å². The molecule has 0 aliphatic heterocycles. The highest BCUT2D eigenvalue weighted by atomic mass is 16.6.